The second-order valence-electron chi connectivity index (χ2n) is 3.73. The van der Waals surface area contributed by atoms with Gasteiger partial charge in [-0.3, -0.25) is 0 Å². The van der Waals surface area contributed by atoms with E-state index < -0.39 is 0 Å². The van der Waals surface area contributed by atoms with Gasteiger partial charge in [-0.15, -0.1) is 0 Å². The van der Waals surface area contributed by atoms with Crippen LogP contribution in [0.4, 0.5) is 0 Å². The van der Waals surface area contributed by atoms with Gasteiger partial charge in [-0.05, 0) is 25.2 Å². The topological polar surface area (TPSA) is 33.0 Å². The Morgan fingerprint density at radius 3 is 2.92 bits per heavy atom. The highest BCUT2D eigenvalue weighted by molar-refractivity contribution is 5.21. The van der Waals surface area contributed by atoms with E-state index in [1.54, 1.807) is 7.11 Å². The Bertz CT molecular complexity index is 253. The smallest absolute Gasteiger partial charge is 0.102 e. The maximum Gasteiger partial charge on any atom is 0.102 e. The molecule has 0 radical (unpaired) electrons. The number of nitrogens with zero attached hydrogens (tertiary/aromatic N) is 1. The number of ether oxygens (including phenoxy) is 1. The summed E-state index contributed by atoms with van der Waals surface area (Å²) in [4.78, 5) is 0. The highest BCUT2D eigenvalue weighted by Crippen LogP contribution is 2.44. The fourth-order valence-electron chi connectivity index (χ4n) is 2.35. The van der Waals surface area contributed by atoms with E-state index in [1.165, 1.54) is 6.42 Å². The molecule has 2 bridgehead atoms. The first kappa shape index (κ1) is 7.82. The normalized spacial score (nSPS) is 44.3. The average Bonchev–Trinajstić information content (AvgIpc) is 2.19. The average molecular weight is 163 g/mol. The van der Waals surface area contributed by atoms with Crippen molar-refractivity contribution in [2.24, 2.45) is 11.8 Å². The van der Waals surface area contributed by atoms with Crippen LogP contribution < -0.4 is 0 Å². The minimum Gasteiger partial charge on any atom is -0.373 e. The molecule has 3 atom stereocenters. The first-order valence-corrected chi connectivity index (χ1v) is 4.45. The molecule has 64 valence electrons. The van der Waals surface area contributed by atoms with Gasteiger partial charge in [-0.2, -0.15) is 5.26 Å². The van der Waals surface area contributed by atoms with E-state index in [4.69, 9.17) is 10.00 Å². The predicted molar refractivity (Wildman–Crippen MR) is 45.3 cm³/mol. The molecule has 1 unspecified atom stereocenters. The molecule has 2 heteroatoms. The molecule has 0 aromatic carbocycles. The highest BCUT2D eigenvalue weighted by atomic mass is 16.5. The lowest BCUT2D eigenvalue weighted by Gasteiger charge is -2.44. The Kier molecular flexibility index (Phi) is 1.69. The van der Waals surface area contributed by atoms with Gasteiger partial charge in [0.15, 0.2) is 0 Å². The summed E-state index contributed by atoms with van der Waals surface area (Å²) in [5.41, 5.74) is -0.247. The van der Waals surface area contributed by atoms with E-state index in [-0.39, 0.29) is 11.5 Å². The summed E-state index contributed by atoms with van der Waals surface area (Å²) in [5, 5.41) is 8.95. The van der Waals surface area contributed by atoms with Crippen molar-refractivity contribution in [3.63, 3.8) is 0 Å². The number of hydrogen-bond acceptors (Lipinski definition) is 2. The lowest BCUT2D eigenvalue weighted by Crippen LogP contribution is -2.45. The Morgan fingerprint density at radius 2 is 2.50 bits per heavy atom. The van der Waals surface area contributed by atoms with Gasteiger partial charge in [0.05, 0.1) is 12.0 Å². The molecule has 12 heavy (non-hydrogen) atoms. The van der Waals surface area contributed by atoms with Crippen LogP contribution in [0.15, 0.2) is 12.2 Å². The molecule has 0 aliphatic heterocycles. The largest absolute Gasteiger partial charge is 0.373 e. The Hall–Kier alpha value is -0.810. The van der Waals surface area contributed by atoms with Gasteiger partial charge in [0.25, 0.3) is 0 Å². The monoisotopic (exact) mass is 163 g/mol. The third-order valence-corrected chi connectivity index (χ3v) is 3.22. The molecule has 3 rings (SSSR count). The van der Waals surface area contributed by atoms with Crippen LogP contribution in [0.25, 0.3) is 0 Å². The summed E-state index contributed by atoms with van der Waals surface area (Å²) in [6.07, 6.45) is 7.49. The van der Waals surface area contributed by atoms with E-state index in [9.17, 15) is 0 Å². The molecule has 3 aliphatic rings. The van der Waals surface area contributed by atoms with Crippen LogP contribution in [0.1, 0.15) is 19.3 Å². The van der Waals surface area contributed by atoms with Gasteiger partial charge in [-0.25, -0.2) is 0 Å². The molecule has 0 saturated heterocycles. The molecule has 0 N–H and O–H groups in total. The predicted octanol–water partition coefficient (Wildman–Crippen LogP) is 1.88. The van der Waals surface area contributed by atoms with Crippen LogP contribution in [-0.4, -0.2) is 12.7 Å². The number of hydrogen-bond donors (Lipinski definition) is 0. The first-order valence-electron chi connectivity index (χ1n) is 4.45. The van der Waals surface area contributed by atoms with Crippen molar-refractivity contribution >= 4 is 0 Å². The summed E-state index contributed by atoms with van der Waals surface area (Å²) in [7, 11) is 1.71. The summed E-state index contributed by atoms with van der Waals surface area (Å²) in [5.74, 6) is 0.706. The third-order valence-electron chi connectivity index (χ3n) is 3.22. The molecule has 2 nitrogen and oxygen atoms in total. The standard InChI is InChI=1S/C10H13NO/c1-12-10-4-2-8(3-5-10)6-9(10)7-11/h2,4,8-9H,3,5-6H2,1H3/t8-,9?,10-/m1/s1. The Labute approximate surface area is 72.8 Å². The number of rotatable bonds is 1. The van der Waals surface area contributed by atoms with Gasteiger partial charge in [-0.1, -0.05) is 12.2 Å². The van der Waals surface area contributed by atoms with Gasteiger partial charge in [0.1, 0.15) is 5.60 Å². The van der Waals surface area contributed by atoms with E-state index in [0.717, 1.165) is 12.8 Å². The number of methoxy groups -OCH3 is 1. The van der Waals surface area contributed by atoms with Gasteiger partial charge in [0, 0.05) is 7.11 Å². The van der Waals surface area contributed by atoms with Crippen LogP contribution >= 0.6 is 0 Å². The van der Waals surface area contributed by atoms with E-state index in [1.807, 2.05) is 0 Å². The molecule has 3 aliphatic carbocycles. The molecule has 0 heterocycles. The molecular weight excluding hydrogens is 150 g/mol. The van der Waals surface area contributed by atoms with Crippen molar-refractivity contribution in [3.05, 3.63) is 12.2 Å². The molecular formula is C10H13NO. The molecule has 0 aromatic heterocycles. The van der Waals surface area contributed by atoms with Crippen LogP contribution in [0.2, 0.25) is 0 Å². The fourth-order valence-corrected chi connectivity index (χ4v) is 2.35. The molecule has 1 fully saturated rings. The van der Waals surface area contributed by atoms with Crippen molar-refractivity contribution in [2.45, 2.75) is 24.9 Å². The third kappa shape index (κ3) is 0.899. The summed E-state index contributed by atoms with van der Waals surface area (Å²) in [6.45, 7) is 0. The van der Waals surface area contributed by atoms with Crippen molar-refractivity contribution in [1.29, 1.82) is 5.26 Å². The van der Waals surface area contributed by atoms with Crippen LogP contribution in [0, 0.1) is 23.2 Å². The van der Waals surface area contributed by atoms with Crippen LogP contribution in [0.5, 0.6) is 0 Å². The molecule has 0 amide bonds. The van der Waals surface area contributed by atoms with Crippen molar-refractivity contribution in [3.8, 4) is 6.07 Å². The first-order chi connectivity index (χ1) is 5.80. The van der Waals surface area contributed by atoms with E-state index >= 15 is 0 Å². The van der Waals surface area contributed by atoms with Crippen molar-refractivity contribution in [1.82, 2.24) is 0 Å². The van der Waals surface area contributed by atoms with Gasteiger partial charge < -0.3 is 4.74 Å². The summed E-state index contributed by atoms with van der Waals surface area (Å²) < 4.78 is 5.46. The zero-order valence-electron chi connectivity index (χ0n) is 7.29. The van der Waals surface area contributed by atoms with Crippen molar-refractivity contribution in [2.75, 3.05) is 7.11 Å². The maximum absolute atomic E-state index is 8.95. The van der Waals surface area contributed by atoms with Crippen LogP contribution in [-0.2, 0) is 4.74 Å². The molecule has 0 spiro atoms. The van der Waals surface area contributed by atoms with E-state index in [0.29, 0.717) is 5.92 Å². The van der Waals surface area contributed by atoms with Crippen molar-refractivity contribution < 1.29 is 4.74 Å². The zero-order chi connectivity index (χ0) is 8.60. The summed E-state index contributed by atoms with van der Waals surface area (Å²) >= 11 is 0. The summed E-state index contributed by atoms with van der Waals surface area (Å²) in [6, 6.07) is 2.35. The highest BCUT2D eigenvalue weighted by Gasteiger charge is 2.44. The van der Waals surface area contributed by atoms with Gasteiger partial charge >= 0.3 is 0 Å². The lowest BCUT2D eigenvalue weighted by atomic mass is 9.66. The lowest BCUT2D eigenvalue weighted by molar-refractivity contribution is -0.0419. The van der Waals surface area contributed by atoms with Crippen LogP contribution in [0.3, 0.4) is 0 Å². The van der Waals surface area contributed by atoms with E-state index in [2.05, 4.69) is 18.2 Å². The number of fused-ring (bicyclic) bond motifs is 2. The maximum atomic E-state index is 8.95. The zero-order valence-corrected chi connectivity index (χ0v) is 7.29. The quantitative estimate of drug-likeness (QED) is 0.553. The minimum absolute atomic E-state index is 0.0752. The Morgan fingerprint density at radius 1 is 1.67 bits per heavy atom. The minimum atomic E-state index is -0.247. The number of nitriles is 1. The Balaban J connectivity index is 2.33. The SMILES string of the molecule is CO[C@]12C=C[C@H](CC1)CC2C#N. The molecule has 1 saturated carbocycles. The number of allylic oxidation sites excluding steroid dienone is 1. The second kappa shape index (κ2) is 2.60. The molecule has 0 aromatic rings. The second-order valence-corrected chi connectivity index (χ2v) is 3.73. The van der Waals surface area contributed by atoms with Gasteiger partial charge in [0.2, 0.25) is 0 Å². The fraction of sp³-hybridized carbons (Fsp3) is 0.700.